The van der Waals surface area contributed by atoms with Gasteiger partial charge in [-0.3, -0.25) is 0 Å². The van der Waals surface area contributed by atoms with Crippen molar-refractivity contribution in [1.29, 1.82) is 0 Å². The van der Waals surface area contributed by atoms with Gasteiger partial charge in [0.25, 0.3) is 0 Å². The zero-order valence-electron chi connectivity index (χ0n) is 8.71. The Balaban J connectivity index is 1.97. The Kier molecular flexibility index (Phi) is 3.21. The minimum absolute atomic E-state index is 0.328. The number of nitrogens with two attached hydrogens (primary N) is 1. The Morgan fingerprint density at radius 1 is 1.25 bits per heavy atom. The summed E-state index contributed by atoms with van der Waals surface area (Å²) in [4.78, 5) is 0. The summed E-state index contributed by atoms with van der Waals surface area (Å²) in [5.41, 5.74) is 6.31. The van der Waals surface area contributed by atoms with E-state index in [4.69, 9.17) is 15.2 Å². The molecule has 2 N–H and O–H groups in total. The third-order valence-electron chi connectivity index (χ3n) is 2.02. The molecule has 1 heterocycles. The van der Waals surface area contributed by atoms with Gasteiger partial charge in [-0.2, -0.15) is 0 Å². The fraction of sp³-hybridized carbons (Fsp3) is 0.200. The second-order valence-electron chi connectivity index (χ2n) is 3.05. The van der Waals surface area contributed by atoms with E-state index in [9.17, 15) is 0 Å². The van der Waals surface area contributed by atoms with E-state index in [1.54, 1.807) is 7.11 Å². The highest BCUT2D eigenvalue weighted by atomic mass is 32.1. The number of nitrogen functional groups attached to an aromatic ring is 1. The number of hydrogen-bond acceptors (Lipinski definition) is 6. The molecule has 0 fully saturated rings. The van der Waals surface area contributed by atoms with E-state index >= 15 is 0 Å². The normalized spacial score (nSPS) is 10.1. The van der Waals surface area contributed by atoms with Crippen molar-refractivity contribution in [3.05, 3.63) is 30.0 Å². The van der Waals surface area contributed by atoms with Gasteiger partial charge in [-0.05, 0) is 24.3 Å². The van der Waals surface area contributed by atoms with Crippen LogP contribution in [0.4, 0.5) is 5.00 Å². The van der Waals surface area contributed by atoms with Gasteiger partial charge >= 0.3 is 0 Å². The Bertz CT molecular complexity index is 455. The van der Waals surface area contributed by atoms with Gasteiger partial charge in [-0.25, -0.2) is 0 Å². The standard InChI is InChI=1S/C10H11N3O2S/c1-14-7-2-4-8(5-3-7)15-6-9-10(11)16-13-12-9/h2-5H,6,11H2,1H3. The summed E-state index contributed by atoms with van der Waals surface area (Å²) in [5.74, 6) is 1.54. The topological polar surface area (TPSA) is 70.3 Å². The van der Waals surface area contributed by atoms with Gasteiger partial charge in [0.15, 0.2) is 0 Å². The fourth-order valence-electron chi connectivity index (χ4n) is 1.14. The van der Waals surface area contributed by atoms with Crippen molar-refractivity contribution in [3.8, 4) is 11.5 Å². The Hall–Kier alpha value is -1.82. The molecule has 2 rings (SSSR count). The lowest BCUT2D eigenvalue weighted by Crippen LogP contribution is -1.99. The molecular formula is C10H11N3O2S. The molecule has 0 aliphatic rings. The molecule has 0 saturated heterocycles. The second kappa shape index (κ2) is 4.80. The predicted molar refractivity (Wildman–Crippen MR) is 61.6 cm³/mol. The molecule has 6 heteroatoms. The Morgan fingerprint density at radius 3 is 2.50 bits per heavy atom. The Labute approximate surface area is 97.0 Å². The molecule has 0 amide bonds. The van der Waals surface area contributed by atoms with Gasteiger partial charge in [0.05, 0.1) is 7.11 Å². The van der Waals surface area contributed by atoms with Gasteiger partial charge in [0, 0.05) is 11.5 Å². The van der Waals surface area contributed by atoms with Crippen LogP contribution >= 0.6 is 11.5 Å². The lowest BCUT2D eigenvalue weighted by molar-refractivity contribution is 0.301. The highest BCUT2D eigenvalue weighted by molar-refractivity contribution is 7.09. The van der Waals surface area contributed by atoms with Crippen molar-refractivity contribution in [2.75, 3.05) is 12.8 Å². The van der Waals surface area contributed by atoms with Gasteiger partial charge in [0.2, 0.25) is 0 Å². The van der Waals surface area contributed by atoms with Crippen LogP contribution in [0.15, 0.2) is 24.3 Å². The van der Waals surface area contributed by atoms with E-state index in [0.29, 0.717) is 17.3 Å². The lowest BCUT2D eigenvalue weighted by Gasteiger charge is -2.05. The van der Waals surface area contributed by atoms with E-state index in [-0.39, 0.29) is 0 Å². The van der Waals surface area contributed by atoms with Crippen molar-refractivity contribution in [2.24, 2.45) is 0 Å². The maximum atomic E-state index is 5.64. The molecule has 0 aliphatic carbocycles. The molecular weight excluding hydrogens is 226 g/mol. The highest BCUT2D eigenvalue weighted by Gasteiger charge is 2.04. The number of methoxy groups -OCH3 is 1. The fourth-order valence-corrected chi connectivity index (χ4v) is 1.57. The van der Waals surface area contributed by atoms with Crippen LogP contribution in [0.5, 0.6) is 11.5 Å². The molecule has 0 unspecified atom stereocenters. The molecule has 0 aliphatic heterocycles. The molecule has 2 aromatic rings. The zero-order chi connectivity index (χ0) is 11.4. The van der Waals surface area contributed by atoms with Crippen molar-refractivity contribution >= 4 is 16.5 Å². The van der Waals surface area contributed by atoms with Crippen LogP contribution in [0.25, 0.3) is 0 Å². The number of anilines is 1. The highest BCUT2D eigenvalue weighted by Crippen LogP contribution is 2.19. The summed E-state index contributed by atoms with van der Waals surface area (Å²) < 4.78 is 14.3. The summed E-state index contributed by atoms with van der Waals surface area (Å²) >= 11 is 1.16. The van der Waals surface area contributed by atoms with Crippen LogP contribution in [-0.4, -0.2) is 16.7 Å². The van der Waals surface area contributed by atoms with Crippen LogP contribution in [-0.2, 0) is 6.61 Å². The van der Waals surface area contributed by atoms with Gasteiger partial charge in [-0.15, -0.1) is 5.10 Å². The van der Waals surface area contributed by atoms with E-state index in [0.717, 1.165) is 23.0 Å². The predicted octanol–water partition coefficient (Wildman–Crippen LogP) is 1.71. The molecule has 0 spiro atoms. The first-order valence-electron chi connectivity index (χ1n) is 4.63. The molecule has 84 valence electrons. The average Bonchev–Trinajstić information content (AvgIpc) is 2.73. The summed E-state index contributed by atoms with van der Waals surface area (Å²) in [5, 5.41) is 4.45. The SMILES string of the molecule is COc1ccc(OCc2nnsc2N)cc1. The van der Waals surface area contributed by atoms with Gasteiger partial charge in [0.1, 0.15) is 28.8 Å². The van der Waals surface area contributed by atoms with Crippen LogP contribution < -0.4 is 15.2 Å². The number of aromatic nitrogens is 2. The summed E-state index contributed by atoms with van der Waals surface area (Å²) in [7, 11) is 1.62. The average molecular weight is 237 g/mol. The zero-order valence-corrected chi connectivity index (χ0v) is 9.53. The van der Waals surface area contributed by atoms with E-state index in [1.807, 2.05) is 24.3 Å². The quantitative estimate of drug-likeness (QED) is 0.876. The third-order valence-corrected chi connectivity index (χ3v) is 2.62. The number of benzene rings is 1. The second-order valence-corrected chi connectivity index (χ2v) is 3.83. The largest absolute Gasteiger partial charge is 0.497 e. The number of hydrogen-bond donors (Lipinski definition) is 1. The van der Waals surface area contributed by atoms with Crippen LogP contribution in [0.3, 0.4) is 0 Å². The number of ether oxygens (including phenoxy) is 2. The van der Waals surface area contributed by atoms with E-state index in [2.05, 4.69) is 9.59 Å². The molecule has 0 atom stereocenters. The molecule has 0 saturated carbocycles. The third kappa shape index (κ3) is 2.40. The van der Waals surface area contributed by atoms with Crippen molar-refractivity contribution in [1.82, 2.24) is 9.59 Å². The lowest BCUT2D eigenvalue weighted by atomic mass is 10.3. The minimum atomic E-state index is 0.328. The first-order chi connectivity index (χ1) is 7.79. The molecule has 1 aromatic heterocycles. The van der Waals surface area contributed by atoms with Crippen molar-refractivity contribution < 1.29 is 9.47 Å². The Morgan fingerprint density at radius 2 is 1.94 bits per heavy atom. The maximum absolute atomic E-state index is 5.64. The first-order valence-corrected chi connectivity index (χ1v) is 5.40. The van der Waals surface area contributed by atoms with E-state index in [1.165, 1.54) is 0 Å². The van der Waals surface area contributed by atoms with Crippen molar-refractivity contribution in [3.63, 3.8) is 0 Å². The van der Waals surface area contributed by atoms with Crippen LogP contribution in [0.2, 0.25) is 0 Å². The van der Waals surface area contributed by atoms with Gasteiger partial charge in [-0.1, -0.05) is 4.49 Å². The van der Waals surface area contributed by atoms with Gasteiger partial charge < -0.3 is 15.2 Å². The first kappa shape index (κ1) is 10.7. The molecule has 1 aromatic carbocycles. The smallest absolute Gasteiger partial charge is 0.136 e. The summed E-state index contributed by atoms with van der Waals surface area (Å²) in [6.07, 6.45) is 0. The minimum Gasteiger partial charge on any atom is -0.497 e. The van der Waals surface area contributed by atoms with Crippen LogP contribution in [0.1, 0.15) is 5.69 Å². The monoisotopic (exact) mass is 237 g/mol. The molecule has 0 radical (unpaired) electrons. The molecule has 0 bridgehead atoms. The maximum Gasteiger partial charge on any atom is 0.136 e. The number of rotatable bonds is 4. The molecule has 16 heavy (non-hydrogen) atoms. The summed E-state index contributed by atoms with van der Waals surface area (Å²) in [6, 6.07) is 7.32. The van der Waals surface area contributed by atoms with Crippen LogP contribution in [0, 0.1) is 0 Å². The van der Waals surface area contributed by atoms with Crippen molar-refractivity contribution in [2.45, 2.75) is 6.61 Å². The van der Waals surface area contributed by atoms with E-state index < -0.39 is 0 Å². The molecule has 5 nitrogen and oxygen atoms in total. The summed E-state index contributed by atoms with van der Waals surface area (Å²) in [6.45, 7) is 0.328. The number of nitrogens with zero attached hydrogens (tertiary/aromatic N) is 2.